The minimum atomic E-state index is -0.639. The van der Waals surface area contributed by atoms with E-state index in [0.717, 1.165) is 17.0 Å². The van der Waals surface area contributed by atoms with Crippen molar-refractivity contribution in [3.63, 3.8) is 0 Å². The fourth-order valence-electron chi connectivity index (χ4n) is 0.921. The van der Waals surface area contributed by atoms with Crippen molar-refractivity contribution >= 4 is 11.6 Å². The summed E-state index contributed by atoms with van der Waals surface area (Å²) < 4.78 is 1.07. The van der Waals surface area contributed by atoms with Crippen molar-refractivity contribution in [1.82, 2.24) is 9.55 Å². The number of hydrogen-bond acceptors (Lipinski definition) is 5. The zero-order valence-electron chi connectivity index (χ0n) is 7.15. The second-order valence-corrected chi connectivity index (χ2v) is 2.39. The third-order valence-corrected chi connectivity index (χ3v) is 1.56. The fraction of sp³-hybridized carbons (Fsp3) is 0.167. The van der Waals surface area contributed by atoms with Gasteiger partial charge >= 0.3 is 12.0 Å². The summed E-state index contributed by atoms with van der Waals surface area (Å²) in [6, 6.07) is 0. The van der Waals surface area contributed by atoms with Gasteiger partial charge in [-0.1, -0.05) is 0 Å². The fourth-order valence-corrected chi connectivity index (χ4v) is 0.921. The number of aromatic nitrogens is 2. The Morgan fingerprint density at radius 2 is 2.57 bits per heavy atom. The first kappa shape index (κ1) is 9.66. The molecule has 0 bridgehead atoms. The molecule has 0 unspecified atom stereocenters. The van der Waals surface area contributed by atoms with Crippen LogP contribution in [0, 0.1) is 15.5 Å². The average molecular weight is 196 g/mol. The molecular formula is C6H6N5O3+. The van der Waals surface area contributed by atoms with Crippen LogP contribution in [0.2, 0.25) is 0 Å². The maximum Gasteiger partial charge on any atom is 0.397 e. The summed E-state index contributed by atoms with van der Waals surface area (Å²) in [6.07, 6.45) is 1.73. The van der Waals surface area contributed by atoms with Crippen LogP contribution >= 0.6 is 0 Å². The lowest BCUT2D eigenvalue weighted by molar-refractivity contribution is -0.391. The molecular weight excluding hydrogens is 190 g/mol. The second kappa shape index (κ2) is 3.53. The van der Waals surface area contributed by atoms with Crippen LogP contribution in [0.15, 0.2) is 12.4 Å². The Hall–Kier alpha value is -2.43. The normalized spacial score (nSPS) is 11.0. The van der Waals surface area contributed by atoms with Crippen molar-refractivity contribution in [2.75, 3.05) is 0 Å². The summed E-state index contributed by atoms with van der Waals surface area (Å²) in [6.45, 7) is 0. The first-order valence-electron chi connectivity index (χ1n) is 3.47. The molecule has 1 aromatic heterocycles. The van der Waals surface area contributed by atoms with E-state index in [9.17, 15) is 15.2 Å². The molecule has 0 fully saturated rings. The van der Waals surface area contributed by atoms with Crippen molar-refractivity contribution in [1.29, 1.82) is 5.39 Å². The molecule has 0 saturated carbocycles. The maximum atomic E-state index is 10.4. The van der Waals surface area contributed by atoms with E-state index >= 15 is 0 Å². The maximum absolute atomic E-state index is 10.4. The summed E-state index contributed by atoms with van der Waals surface area (Å²) in [5, 5.41) is 27.7. The van der Waals surface area contributed by atoms with Gasteiger partial charge in [0.2, 0.25) is 5.39 Å². The van der Waals surface area contributed by atoms with Crippen molar-refractivity contribution in [3.8, 4) is 0 Å². The minimum Gasteiger partial charge on any atom is -0.498 e. The Bertz CT molecular complexity index is 441. The van der Waals surface area contributed by atoms with Gasteiger partial charge in [0.15, 0.2) is 4.98 Å². The van der Waals surface area contributed by atoms with E-state index in [1.807, 2.05) is 0 Å². The number of diazo groups is 1. The number of imidazole rings is 1. The standard InChI is InChI=1S/C6H5N5O3/c1-10-5(11(13)14)3-8-6(10)4(12)2-9-7/h2-3H,1H3/p+1/b4-2+. The van der Waals surface area contributed by atoms with Crippen molar-refractivity contribution in [3.05, 3.63) is 33.3 Å². The molecule has 1 aromatic rings. The van der Waals surface area contributed by atoms with Crippen LogP contribution in [0.1, 0.15) is 5.82 Å². The SMILES string of the molecule is Cn1c([N+](=O)[O-])cnc1/C(O)=C\[N+]#N. The van der Waals surface area contributed by atoms with Gasteiger partial charge in [-0.3, -0.25) is 0 Å². The third-order valence-electron chi connectivity index (χ3n) is 1.56. The third kappa shape index (κ3) is 1.51. The summed E-state index contributed by atoms with van der Waals surface area (Å²) in [7, 11) is 1.36. The van der Waals surface area contributed by atoms with Gasteiger partial charge in [-0.25, -0.2) is 9.55 Å². The lowest BCUT2D eigenvalue weighted by atomic mass is 10.5. The molecule has 0 spiro atoms. The molecule has 0 aliphatic rings. The molecule has 8 nitrogen and oxygen atoms in total. The molecule has 0 saturated heterocycles. The number of rotatable bonds is 2. The molecule has 0 atom stereocenters. The summed E-state index contributed by atoms with van der Waals surface area (Å²) in [5.74, 6) is -0.768. The van der Waals surface area contributed by atoms with E-state index in [4.69, 9.17) is 5.39 Å². The number of nitro groups is 1. The van der Waals surface area contributed by atoms with E-state index in [1.165, 1.54) is 7.05 Å². The van der Waals surface area contributed by atoms with Crippen molar-refractivity contribution < 1.29 is 10.0 Å². The predicted octanol–water partition coefficient (Wildman–Crippen LogP) is 1.04. The molecule has 0 aliphatic carbocycles. The number of nitrogens with zero attached hydrogens (tertiary/aromatic N) is 5. The smallest absolute Gasteiger partial charge is 0.397 e. The highest BCUT2D eigenvalue weighted by Crippen LogP contribution is 2.16. The van der Waals surface area contributed by atoms with E-state index in [1.54, 1.807) is 0 Å². The van der Waals surface area contributed by atoms with Gasteiger partial charge in [-0.15, -0.1) is 0 Å². The molecule has 1 N–H and O–H groups in total. The van der Waals surface area contributed by atoms with Gasteiger partial charge in [-0.2, -0.15) is 0 Å². The number of aliphatic hydroxyl groups excluding tert-OH is 1. The average Bonchev–Trinajstić information content (AvgIpc) is 2.47. The Morgan fingerprint density at radius 3 is 3.00 bits per heavy atom. The summed E-state index contributed by atoms with van der Waals surface area (Å²) in [4.78, 5) is 15.9. The second-order valence-electron chi connectivity index (χ2n) is 2.39. The van der Waals surface area contributed by atoms with Gasteiger partial charge in [0.25, 0.3) is 11.6 Å². The van der Waals surface area contributed by atoms with E-state index in [2.05, 4.69) is 9.96 Å². The van der Waals surface area contributed by atoms with Crippen LogP contribution in [0.25, 0.3) is 10.7 Å². The number of aliphatic hydroxyl groups is 1. The molecule has 0 amide bonds. The van der Waals surface area contributed by atoms with Crippen molar-refractivity contribution in [2.24, 2.45) is 7.05 Å². The Balaban J connectivity index is 3.21. The van der Waals surface area contributed by atoms with Crippen molar-refractivity contribution in [2.45, 2.75) is 0 Å². The molecule has 0 radical (unpaired) electrons. The Morgan fingerprint density at radius 1 is 1.93 bits per heavy atom. The summed E-state index contributed by atoms with van der Waals surface area (Å²) >= 11 is 0. The van der Waals surface area contributed by atoms with E-state index in [0.29, 0.717) is 0 Å². The Kier molecular flexibility index (Phi) is 2.43. The molecule has 1 rings (SSSR count). The molecule has 0 aliphatic heterocycles. The first-order chi connectivity index (χ1) is 6.57. The van der Waals surface area contributed by atoms with Gasteiger partial charge in [0, 0.05) is 0 Å². The lowest BCUT2D eigenvalue weighted by Gasteiger charge is -1.94. The zero-order valence-corrected chi connectivity index (χ0v) is 7.15. The molecule has 1 heterocycles. The largest absolute Gasteiger partial charge is 0.498 e. The highest BCUT2D eigenvalue weighted by Gasteiger charge is 2.21. The van der Waals surface area contributed by atoms with Crippen LogP contribution in [0.5, 0.6) is 0 Å². The van der Waals surface area contributed by atoms with Crippen LogP contribution in [0.3, 0.4) is 0 Å². The van der Waals surface area contributed by atoms with Crippen LogP contribution in [-0.2, 0) is 7.05 Å². The molecule has 8 heteroatoms. The highest BCUT2D eigenvalue weighted by molar-refractivity contribution is 5.54. The van der Waals surface area contributed by atoms with Gasteiger partial charge in [0.1, 0.15) is 6.20 Å². The van der Waals surface area contributed by atoms with Crippen LogP contribution < -0.4 is 0 Å². The van der Waals surface area contributed by atoms with Gasteiger partial charge in [0.05, 0.1) is 7.05 Å². The number of hydrogen-bond donors (Lipinski definition) is 1. The van der Waals surface area contributed by atoms with Crippen LogP contribution in [0.4, 0.5) is 5.82 Å². The first-order valence-corrected chi connectivity index (χ1v) is 3.47. The lowest BCUT2D eigenvalue weighted by Crippen LogP contribution is -2.01. The van der Waals surface area contributed by atoms with E-state index < -0.39 is 10.7 Å². The predicted molar refractivity (Wildman–Crippen MR) is 45.6 cm³/mol. The quantitative estimate of drug-likeness (QED) is 0.329. The minimum absolute atomic E-state index is 0.0468. The molecule has 72 valence electrons. The van der Waals surface area contributed by atoms with Gasteiger partial charge in [-0.05, 0) is 4.92 Å². The molecule has 14 heavy (non-hydrogen) atoms. The van der Waals surface area contributed by atoms with Crippen LogP contribution in [-0.4, -0.2) is 19.6 Å². The van der Waals surface area contributed by atoms with Gasteiger partial charge < -0.3 is 15.2 Å². The van der Waals surface area contributed by atoms with E-state index in [-0.39, 0.29) is 11.6 Å². The zero-order chi connectivity index (χ0) is 10.7. The summed E-state index contributed by atoms with van der Waals surface area (Å²) in [5.41, 5.74) is 0. The topological polar surface area (TPSA) is 109 Å². The monoisotopic (exact) mass is 196 g/mol. The highest BCUT2D eigenvalue weighted by atomic mass is 16.6. The Labute approximate surface area is 77.9 Å². The molecule has 0 aromatic carbocycles.